The van der Waals surface area contributed by atoms with Crippen molar-refractivity contribution in [2.45, 2.75) is 26.5 Å². The van der Waals surface area contributed by atoms with Gasteiger partial charge in [-0.05, 0) is 36.8 Å². The van der Waals surface area contributed by atoms with Crippen molar-refractivity contribution in [1.82, 2.24) is 0 Å². The molecule has 0 amide bonds. The van der Waals surface area contributed by atoms with Crippen LogP contribution < -0.4 is 15.2 Å². The molecule has 0 atom stereocenters. The van der Waals surface area contributed by atoms with E-state index in [0.29, 0.717) is 41.4 Å². The first-order valence-electron chi connectivity index (χ1n) is 11.0. The zero-order valence-corrected chi connectivity index (χ0v) is 18.8. The summed E-state index contributed by atoms with van der Waals surface area (Å²) in [5, 5.41) is 0.744. The SMILES string of the molecule is CCOC(=O)Cc1ccccc1OCc1c(C(=O)Oc2cccc(CN)c2)oc2ccccc12. The molecule has 1 aromatic heterocycles. The van der Waals surface area contributed by atoms with Crippen LogP contribution in [0, 0.1) is 0 Å². The van der Waals surface area contributed by atoms with Gasteiger partial charge in [0.2, 0.25) is 5.76 Å². The second-order valence-corrected chi connectivity index (χ2v) is 7.53. The molecule has 174 valence electrons. The van der Waals surface area contributed by atoms with E-state index in [2.05, 4.69) is 0 Å². The number of carbonyl (C=O) groups is 2. The highest BCUT2D eigenvalue weighted by molar-refractivity contribution is 5.97. The van der Waals surface area contributed by atoms with E-state index in [9.17, 15) is 9.59 Å². The second-order valence-electron chi connectivity index (χ2n) is 7.53. The number of fused-ring (bicyclic) bond motifs is 1. The highest BCUT2D eigenvalue weighted by Crippen LogP contribution is 2.29. The van der Waals surface area contributed by atoms with Gasteiger partial charge >= 0.3 is 11.9 Å². The molecule has 0 saturated heterocycles. The Kier molecular flexibility index (Phi) is 7.25. The molecule has 1 heterocycles. The Bertz CT molecular complexity index is 1310. The third-order valence-corrected chi connectivity index (χ3v) is 5.21. The Morgan fingerprint density at radius 2 is 1.76 bits per heavy atom. The molecule has 4 aromatic rings. The molecule has 0 aliphatic rings. The summed E-state index contributed by atoms with van der Waals surface area (Å²) < 4.78 is 22.5. The van der Waals surface area contributed by atoms with Gasteiger partial charge in [-0.25, -0.2) is 4.79 Å². The lowest BCUT2D eigenvalue weighted by molar-refractivity contribution is -0.142. The maximum Gasteiger partial charge on any atom is 0.380 e. The Morgan fingerprint density at radius 3 is 2.59 bits per heavy atom. The summed E-state index contributed by atoms with van der Waals surface area (Å²) in [6.07, 6.45) is 0.0858. The molecule has 0 unspecified atom stereocenters. The van der Waals surface area contributed by atoms with E-state index in [1.54, 1.807) is 43.3 Å². The molecule has 0 fully saturated rings. The number of benzene rings is 3. The van der Waals surface area contributed by atoms with Crippen molar-refractivity contribution in [3.63, 3.8) is 0 Å². The molecule has 3 aromatic carbocycles. The standard InChI is InChI=1S/C27H25NO6/c1-2-31-25(29)15-19-9-3-5-12-23(19)32-17-22-21-11-4-6-13-24(21)34-26(22)27(30)33-20-10-7-8-18(14-20)16-28/h3-14H,2,15-17,28H2,1H3. The van der Waals surface area contributed by atoms with Gasteiger partial charge in [0.15, 0.2) is 0 Å². The van der Waals surface area contributed by atoms with Crippen molar-refractivity contribution >= 4 is 22.9 Å². The summed E-state index contributed by atoms with van der Waals surface area (Å²) in [5.74, 6) is -0.0156. The van der Waals surface area contributed by atoms with Crippen molar-refractivity contribution < 1.29 is 28.2 Å². The highest BCUT2D eigenvalue weighted by Gasteiger charge is 2.23. The number of nitrogens with two attached hydrogens (primary N) is 1. The molecule has 0 spiro atoms. The highest BCUT2D eigenvalue weighted by atomic mass is 16.5. The summed E-state index contributed by atoms with van der Waals surface area (Å²) in [6.45, 7) is 2.45. The normalized spacial score (nSPS) is 10.8. The summed E-state index contributed by atoms with van der Waals surface area (Å²) in [6, 6.07) is 21.5. The van der Waals surface area contributed by atoms with E-state index in [1.807, 2.05) is 36.4 Å². The van der Waals surface area contributed by atoms with Crippen LogP contribution in [0.3, 0.4) is 0 Å². The zero-order valence-electron chi connectivity index (χ0n) is 18.8. The maximum atomic E-state index is 13.0. The fourth-order valence-electron chi connectivity index (χ4n) is 3.60. The molecule has 0 bridgehead atoms. The second kappa shape index (κ2) is 10.7. The van der Waals surface area contributed by atoms with Crippen molar-refractivity contribution in [1.29, 1.82) is 0 Å². The number of furan rings is 1. The third-order valence-electron chi connectivity index (χ3n) is 5.21. The van der Waals surface area contributed by atoms with Crippen LogP contribution in [0.4, 0.5) is 0 Å². The number of para-hydroxylation sites is 2. The molecule has 0 aliphatic heterocycles. The number of hydrogen-bond acceptors (Lipinski definition) is 7. The first-order valence-corrected chi connectivity index (χ1v) is 11.0. The van der Waals surface area contributed by atoms with Crippen LogP contribution in [-0.2, 0) is 29.1 Å². The van der Waals surface area contributed by atoms with E-state index < -0.39 is 5.97 Å². The van der Waals surface area contributed by atoms with Crippen LogP contribution in [0.25, 0.3) is 11.0 Å². The molecule has 7 nitrogen and oxygen atoms in total. The van der Waals surface area contributed by atoms with Crippen LogP contribution in [0.2, 0.25) is 0 Å². The van der Waals surface area contributed by atoms with Gasteiger partial charge in [-0.3, -0.25) is 4.79 Å². The van der Waals surface area contributed by atoms with Crippen molar-refractivity contribution in [3.05, 3.63) is 95.2 Å². The van der Waals surface area contributed by atoms with E-state index in [4.69, 9.17) is 24.4 Å². The minimum Gasteiger partial charge on any atom is -0.488 e. The minimum atomic E-state index is -0.635. The van der Waals surface area contributed by atoms with Gasteiger partial charge in [0.25, 0.3) is 0 Å². The average molecular weight is 459 g/mol. The van der Waals surface area contributed by atoms with Gasteiger partial charge < -0.3 is 24.4 Å². The quantitative estimate of drug-likeness (QED) is 0.283. The maximum absolute atomic E-state index is 13.0. The predicted octanol–water partition coefficient (Wildman–Crippen LogP) is 4.80. The molecule has 2 N–H and O–H groups in total. The summed E-state index contributed by atoms with van der Waals surface area (Å²) in [5.41, 5.74) is 8.32. The number of hydrogen-bond donors (Lipinski definition) is 1. The van der Waals surface area contributed by atoms with Gasteiger partial charge in [-0.15, -0.1) is 0 Å². The zero-order chi connectivity index (χ0) is 23.9. The number of ether oxygens (including phenoxy) is 3. The van der Waals surface area contributed by atoms with E-state index in [0.717, 1.165) is 10.9 Å². The fraction of sp³-hybridized carbons (Fsp3) is 0.185. The molecular formula is C27H25NO6. The summed E-state index contributed by atoms with van der Waals surface area (Å²) in [7, 11) is 0. The Balaban J connectivity index is 1.60. The van der Waals surface area contributed by atoms with Crippen LogP contribution in [0.15, 0.2) is 77.2 Å². The van der Waals surface area contributed by atoms with Gasteiger partial charge in [-0.2, -0.15) is 0 Å². The first kappa shape index (κ1) is 23.1. The predicted molar refractivity (Wildman–Crippen MR) is 127 cm³/mol. The molecule has 4 rings (SSSR count). The van der Waals surface area contributed by atoms with Crippen LogP contribution in [0.5, 0.6) is 11.5 Å². The van der Waals surface area contributed by atoms with Crippen molar-refractivity contribution in [2.24, 2.45) is 5.73 Å². The first-order chi connectivity index (χ1) is 16.6. The smallest absolute Gasteiger partial charge is 0.380 e. The molecule has 34 heavy (non-hydrogen) atoms. The molecule has 0 radical (unpaired) electrons. The Hall–Kier alpha value is -4.10. The Labute approximate surface area is 197 Å². The lowest BCUT2D eigenvalue weighted by atomic mass is 10.1. The molecule has 0 saturated carbocycles. The lowest BCUT2D eigenvalue weighted by Crippen LogP contribution is -2.12. The number of rotatable bonds is 9. The van der Waals surface area contributed by atoms with Crippen LogP contribution in [-0.4, -0.2) is 18.5 Å². The number of esters is 2. The monoisotopic (exact) mass is 459 g/mol. The van der Waals surface area contributed by atoms with E-state index >= 15 is 0 Å². The van der Waals surface area contributed by atoms with E-state index in [1.165, 1.54) is 0 Å². The minimum absolute atomic E-state index is 0.0458. The fourth-order valence-corrected chi connectivity index (χ4v) is 3.60. The average Bonchev–Trinajstić information content (AvgIpc) is 3.22. The molecular weight excluding hydrogens is 434 g/mol. The topological polar surface area (TPSA) is 101 Å². The van der Waals surface area contributed by atoms with Crippen molar-refractivity contribution in [3.8, 4) is 11.5 Å². The van der Waals surface area contributed by atoms with Gasteiger partial charge in [0.05, 0.1) is 18.6 Å². The van der Waals surface area contributed by atoms with Crippen molar-refractivity contribution in [2.75, 3.05) is 6.61 Å². The summed E-state index contributed by atoms with van der Waals surface area (Å²) in [4.78, 5) is 25.0. The summed E-state index contributed by atoms with van der Waals surface area (Å²) >= 11 is 0. The van der Waals surface area contributed by atoms with E-state index in [-0.39, 0.29) is 24.8 Å². The van der Waals surface area contributed by atoms with Gasteiger partial charge in [0, 0.05) is 17.5 Å². The lowest BCUT2D eigenvalue weighted by Gasteiger charge is -2.11. The number of carbonyl (C=O) groups excluding carboxylic acids is 2. The van der Waals surface area contributed by atoms with Crippen LogP contribution >= 0.6 is 0 Å². The third kappa shape index (κ3) is 5.27. The molecule has 7 heteroatoms. The Morgan fingerprint density at radius 1 is 0.971 bits per heavy atom. The molecule has 0 aliphatic carbocycles. The largest absolute Gasteiger partial charge is 0.488 e. The van der Waals surface area contributed by atoms with Gasteiger partial charge in [0.1, 0.15) is 23.7 Å². The van der Waals surface area contributed by atoms with Gasteiger partial charge in [-0.1, -0.05) is 48.5 Å². The van der Waals surface area contributed by atoms with Crippen LogP contribution in [0.1, 0.15) is 34.2 Å².